The molecule has 0 unspecified atom stereocenters. The largest absolute Gasteiger partial charge is 0.445 e. The number of carbonyl (C=O) groups excluding carboxylic acids is 2. The Hall–Kier alpha value is -2.76. The van der Waals surface area contributed by atoms with Crippen LogP contribution in [0.1, 0.15) is 45.6 Å². The monoisotopic (exact) mass is 400 g/mol. The van der Waals surface area contributed by atoms with Crippen molar-refractivity contribution in [3.8, 4) is 0 Å². The van der Waals surface area contributed by atoms with Gasteiger partial charge in [0, 0.05) is 6.54 Å². The second-order valence-corrected chi connectivity index (χ2v) is 8.33. The number of ether oxygens (including phenoxy) is 2. The lowest BCUT2D eigenvalue weighted by Crippen LogP contribution is -2.51. The molecule has 1 saturated carbocycles. The van der Waals surface area contributed by atoms with Crippen molar-refractivity contribution < 1.29 is 19.1 Å². The zero-order valence-electron chi connectivity index (χ0n) is 17.6. The summed E-state index contributed by atoms with van der Waals surface area (Å²) in [7, 11) is 0. The number of amides is 2. The number of hydrogen-bond donors (Lipinski definition) is 1. The second kappa shape index (κ2) is 9.63. The van der Waals surface area contributed by atoms with Crippen molar-refractivity contribution in [2.75, 3.05) is 6.54 Å². The van der Waals surface area contributed by atoms with E-state index >= 15 is 0 Å². The molecular formula is C23H32N2O4. The molecule has 2 rings (SSSR count). The van der Waals surface area contributed by atoms with E-state index in [1.807, 2.05) is 30.3 Å². The molecular weight excluding hydrogens is 368 g/mol. The van der Waals surface area contributed by atoms with Gasteiger partial charge in [0.05, 0.1) is 11.6 Å². The fraction of sp³-hybridized carbons (Fsp3) is 0.478. The molecule has 29 heavy (non-hydrogen) atoms. The first-order chi connectivity index (χ1) is 13.7. The smallest absolute Gasteiger partial charge is 0.410 e. The van der Waals surface area contributed by atoms with E-state index in [1.54, 1.807) is 37.8 Å². The maximum Gasteiger partial charge on any atom is 0.410 e. The van der Waals surface area contributed by atoms with E-state index in [2.05, 4.69) is 18.5 Å². The first kappa shape index (κ1) is 22.5. The highest BCUT2D eigenvalue weighted by atomic mass is 16.6. The topological polar surface area (TPSA) is 67.9 Å². The van der Waals surface area contributed by atoms with Crippen LogP contribution in [0.2, 0.25) is 0 Å². The van der Waals surface area contributed by atoms with Crippen molar-refractivity contribution >= 4 is 12.2 Å². The summed E-state index contributed by atoms with van der Waals surface area (Å²) >= 11 is 0. The van der Waals surface area contributed by atoms with Crippen molar-refractivity contribution in [2.24, 2.45) is 0 Å². The molecule has 1 aromatic carbocycles. The number of nitrogens with zero attached hydrogens (tertiary/aromatic N) is 1. The van der Waals surface area contributed by atoms with Crippen molar-refractivity contribution in [1.29, 1.82) is 0 Å². The normalized spacial score (nSPS) is 15.6. The van der Waals surface area contributed by atoms with Crippen molar-refractivity contribution in [1.82, 2.24) is 10.2 Å². The van der Waals surface area contributed by atoms with Crippen LogP contribution in [-0.4, -0.2) is 40.8 Å². The zero-order chi connectivity index (χ0) is 21.5. The van der Waals surface area contributed by atoms with Crippen LogP contribution < -0.4 is 5.32 Å². The summed E-state index contributed by atoms with van der Waals surface area (Å²) in [5.74, 6) is 0. The number of benzene rings is 1. The molecule has 0 saturated heterocycles. The van der Waals surface area contributed by atoms with Crippen molar-refractivity contribution in [3.05, 3.63) is 61.2 Å². The van der Waals surface area contributed by atoms with Crippen LogP contribution in [0.5, 0.6) is 0 Å². The Morgan fingerprint density at radius 2 is 1.90 bits per heavy atom. The lowest BCUT2D eigenvalue weighted by Gasteiger charge is -2.33. The van der Waals surface area contributed by atoms with Gasteiger partial charge in [0.2, 0.25) is 0 Å². The third kappa shape index (κ3) is 6.97. The summed E-state index contributed by atoms with van der Waals surface area (Å²) < 4.78 is 10.9. The molecule has 1 atom stereocenters. The molecule has 0 heterocycles. The maximum atomic E-state index is 12.9. The van der Waals surface area contributed by atoms with Gasteiger partial charge in [0.1, 0.15) is 12.2 Å². The molecule has 1 fully saturated rings. The molecule has 0 spiro atoms. The molecule has 0 aromatic heterocycles. The number of carbonyl (C=O) groups is 2. The van der Waals surface area contributed by atoms with Crippen molar-refractivity contribution in [3.63, 3.8) is 0 Å². The average Bonchev–Trinajstić information content (AvgIpc) is 3.44. The summed E-state index contributed by atoms with van der Waals surface area (Å²) in [6.45, 7) is 13.5. The summed E-state index contributed by atoms with van der Waals surface area (Å²) in [6.07, 6.45) is 4.69. The molecule has 1 aliphatic carbocycles. The van der Waals surface area contributed by atoms with E-state index in [4.69, 9.17) is 9.47 Å². The molecule has 6 nitrogen and oxygen atoms in total. The summed E-state index contributed by atoms with van der Waals surface area (Å²) in [5.41, 5.74) is -0.113. The van der Waals surface area contributed by atoms with Gasteiger partial charge in [-0.2, -0.15) is 0 Å². The Morgan fingerprint density at radius 3 is 2.41 bits per heavy atom. The van der Waals surface area contributed by atoms with Gasteiger partial charge < -0.3 is 14.8 Å². The Morgan fingerprint density at radius 1 is 1.24 bits per heavy atom. The Balaban J connectivity index is 2.07. The van der Waals surface area contributed by atoms with Gasteiger partial charge in [-0.3, -0.25) is 4.90 Å². The standard InChI is InChI=1S/C23H32N2O4/c1-6-11-19(24-20(26)29-22(3,4)5)16-25(23(7-2)14-15-23)21(27)28-17-18-12-9-8-10-13-18/h6-10,12-13,19H,1-2,11,14-17H2,3-5H3,(H,24,26)/t19-/m0/s1. The van der Waals surface area contributed by atoms with E-state index in [-0.39, 0.29) is 19.2 Å². The summed E-state index contributed by atoms with van der Waals surface area (Å²) in [5, 5.41) is 2.84. The van der Waals surface area contributed by atoms with Gasteiger partial charge in [-0.15, -0.1) is 13.2 Å². The quantitative estimate of drug-likeness (QED) is 0.604. The van der Waals surface area contributed by atoms with Gasteiger partial charge in [-0.05, 0) is 45.6 Å². The maximum absolute atomic E-state index is 12.9. The molecule has 1 aliphatic rings. The van der Waals surface area contributed by atoms with Crippen molar-refractivity contribution in [2.45, 2.75) is 63.8 Å². The molecule has 0 bridgehead atoms. The second-order valence-electron chi connectivity index (χ2n) is 8.33. The number of hydrogen-bond acceptors (Lipinski definition) is 4. The molecule has 6 heteroatoms. The van der Waals surface area contributed by atoms with Crippen LogP contribution in [0.4, 0.5) is 9.59 Å². The SMILES string of the molecule is C=CC[C@@H](CN(C(=O)OCc1ccccc1)C1(C=C)CC1)NC(=O)OC(C)(C)C. The minimum Gasteiger partial charge on any atom is -0.445 e. The lowest BCUT2D eigenvalue weighted by molar-refractivity contribution is 0.0465. The predicted octanol–water partition coefficient (Wildman–Crippen LogP) is 4.81. The first-order valence-corrected chi connectivity index (χ1v) is 9.91. The van der Waals surface area contributed by atoms with E-state index in [0.717, 1.165) is 18.4 Å². The molecule has 1 aromatic rings. The first-order valence-electron chi connectivity index (χ1n) is 9.91. The van der Waals surface area contributed by atoms with E-state index < -0.39 is 23.3 Å². The minimum atomic E-state index is -0.601. The van der Waals surface area contributed by atoms with Crippen LogP contribution in [0.15, 0.2) is 55.6 Å². The Bertz CT molecular complexity index is 720. The summed E-state index contributed by atoms with van der Waals surface area (Å²) in [6, 6.07) is 9.18. The Kier molecular flexibility index (Phi) is 7.48. The number of rotatable bonds is 9. The number of nitrogens with one attached hydrogen (secondary N) is 1. The summed E-state index contributed by atoms with van der Waals surface area (Å²) in [4.78, 5) is 26.8. The third-order valence-electron chi connectivity index (χ3n) is 4.68. The van der Waals surface area contributed by atoms with Gasteiger partial charge in [-0.1, -0.05) is 42.5 Å². The van der Waals surface area contributed by atoms with Crippen LogP contribution in [0, 0.1) is 0 Å². The zero-order valence-corrected chi connectivity index (χ0v) is 17.6. The molecule has 1 N–H and O–H groups in total. The van der Waals surface area contributed by atoms with Gasteiger partial charge in [0.25, 0.3) is 0 Å². The van der Waals surface area contributed by atoms with Gasteiger partial charge in [-0.25, -0.2) is 9.59 Å². The highest BCUT2D eigenvalue weighted by Crippen LogP contribution is 2.43. The fourth-order valence-electron chi connectivity index (χ4n) is 3.02. The van der Waals surface area contributed by atoms with E-state index in [1.165, 1.54) is 0 Å². The molecule has 0 radical (unpaired) electrons. The van der Waals surface area contributed by atoms with E-state index in [0.29, 0.717) is 6.42 Å². The highest BCUT2D eigenvalue weighted by Gasteiger charge is 2.49. The lowest BCUT2D eigenvalue weighted by atomic mass is 10.1. The van der Waals surface area contributed by atoms with Gasteiger partial charge >= 0.3 is 12.2 Å². The van der Waals surface area contributed by atoms with Crippen LogP contribution in [0.3, 0.4) is 0 Å². The van der Waals surface area contributed by atoms with Crippen LogP contribution >= 0.6 is 0 Å². The fourth-order valence-corrected chi connectivity index (χ4v) is 3.02. The molecule has 2 amide bonds. The van der Waals surface area contributed by atoms with E-state index in [9.17, 15) is 9.59 Å². The van der Waals surface area contributed by atoms with Crippen LogP contribution in [-0.2, 0) is 16.1 Å². The third-order valence-corrected chi connectivity index (χ3v) is 4.68. The van der Waals surface area contributed by atoms with Gasteiger partial charge in [0.15, 0.2) is 0 Å². The highest BCUT2D eigenvalue weighted by molar-refractivity contribution is 5.71. The molecule has 0 aliphatic heterocycles. The minimum absolute atomic E-state index is 0.189. The Labute approximate surface area is 173 Å². The average molecular weight is 401 g/mol. The molecule has 158 valence electrons. The predicted molar refractivity (Wildman–Crippen MR) is 113 cm³/mol. The number of alkyl carbamates (subject to hydrolysis) is 1. The van der Waals surface area contributed by atoms with Crippen LogP contribution in [0.25, 0.3) is 0 Å².